The van der Waals surface area contributed by atoms with E-state index in [-0.39, 0.29) is 71.6 Å². The lowest BCUT2D eigenvalue weighted by Crippen LogP contribution is -2.57. The highest BCUT2D eigenvalue weighted by molar-refractivity contribution is 5.94. The van der Waals surface area contributed by atoms with E-state index < -0.39 is 46.9 Å². The van der Waals surface area contributed by atoms with Crippen LogP contribution in [0.4, 0.5) is 9.18 Å². The molecule has 2 fully saturated rings. The van der Waals surface area contributed by atoms with Gasteiger partial charge in [-0.1, -0.05) is 19.1 Å². The molecule has 1 aliphatic carbocycles. The second kappa shape index (κ2) is 16.1. The van der Waals surface area contributed by atoms with Crippen molar-refractivity contribution in [2.75, 3.05) is 13.1 Å². The number of pyridine rings is 2. The Balaban J connectivity index is 0.787. The van der Waals surface area contributed by atoms with Gasteiger partial charge in [0.05, 0.1) is 46.3 Å². The number of H-pyrrole nitrogens is 1. The van der Waals surface area contributed by atoms with Gasteiger partial charge in [0.15, 0.2) is 17.5 Å². The molecule has 19 heteroatoms. The van der Waals surface area contributed by atoms with Gasteiger partial charge in [-0.3, -0.25) is 14.5 Å². The Morgan fingerprint density at radius 2 is 1.74 bits per heavy atom. The Morgan fingerprint density at radius 3 is 2.46 bits per heavy atom. The Kier molecular flexibility index (Phi) is 10.3. The van der Waals surface area contributed by atoms with Crippen molar-refractivity contribution in [2.24, 2.45) is 0 Å². The van der Waals surface area contributed by atoms with E-state index in [1.54, 1.807) is 52.0 Å². The van der Waals surface area contributed by atoms with E-state index in [1.165, 1.54) is 21.3 Å². The lowest BCUT2D eigenvalue weighted by atomic mass is 9.81. The summed E-state index contributed by atoms with van der Waals surface area (Å²) in [7, 11) is 0. The molecule has 2 amide bonds. The fraction of sp³-hybridized carbons (Fsp3) is 0.380. The number of esters is 1. The van der Waals surface area contributed by atoms with Gasteiger partial charge in [0, 0.05) is 60.4 Å². The molecular formula is C50H49FN8O10. The molecule has 6 aromatic rings. The van der Waals surface area contributed by atoms with E-state index in [0.29, 0.717) is 82.7 Å². The molecule has 3 aromatic heterocycles. The molecule has 0 radical (unpaired) electrons. The van der Waals surface area contributed by atoms with E-state index in [0.717, 1.165) is 24.0 Å². The number of cyclic esters (lactones) is 1. The van der Waals surface area contributed by atoms with Gasteiger partial charge in [0.2, 0.25) is 0 Å². The molecule has 7 heterocycles. The number of benzene rings is 3. The summed E-state index contributed by atoms with van der Waals surface area (Å²) >= 11 is 0. The van der Waals surface area contributed by atoms with Gasteiger partial charge in [-0.25, -0.2) is 33.4 Å². The molecule has 0 saturated carbocycles. The minimum atomic E-state index is -2.03. The van der Waals surface area contributed by atoms with Crippen molar-refractivity contribution in [3.8, 4) is 40.0 Å². The average molecular weight is 941 g/mol. The highest BCUT2D eigenvalue weighted by atomic mass is 19.1. The number of phenolic OH excluding ortho intramolecular Hbond substituents is 2. The third-order valence-electron chi connectivity index (χ3n) is 14.9. The normalized spacial score (nSPS) is 21.7. The maximum absolute atomic E-state index is 15.5. The minimum absolute atomic E-state index is 0.0265. The molecule has 11 rings (SSSR count). The predicted molar refractivity (Wildman–Crippen MR) is 246 cm³/mol. The van der Waals surface area contributed by atoms with E-state index in [4.69, 9.17) is 14.5 Å². The first-order chi connectivity index (χ1) is 33.0. The number of fused-ring (bicyclic) bond motifs is 7. The zero-order valence-corrected chi connectivity index (χ0v) is 38.3. The second-order valence-electron chi connectivity index (χ2n) is 18.9. The number of hydrogen-bond donors (Lipinski definition) is 5. The molecule has 3 aromatic carbocycles. The van der Waals surface area contributed by atoms with Gasteiger partial charge in [-0.2, -0.15) is 5.10 Å². The molecule has 0 spiro atoms. The number of alkyl carbamates (subject to hydrolysis) is 1. The molecule has 5 atom stereocenters. The maximum atomic E-state index is 15.5. The van der Waals surface area contributed by atoms with E-state index in [2.05, 4.69) is 20.4 Å². The number of amides is 2. The highest BCUT2D eigenvalue weighted by Gasteiger charge is 2.47. The van der Waals surface area contributed by atoms with Crippen molar-refractivity contribution in [2.45, 2.75) is 109 Å². The fourth-order valence-corrected chi connectivity index (χ4v) is 11.4. The van der Waals surface area contributed by atoms with Crippen LogP contribution in [0.1, 0.15) is 90.1 Å². The van der Waals surface area contributed by atoms with Gasteiger partial charge in [-0.05, 0) is 105 Å². The summed E-state index contributed by atoms with van der Waals surface area (Å²) in [5, 5.41) is 42.3. The number of aliphatic hydroxyl groups is 1. The molecule has 5 N–H and O–H groups in total. The van der Waals surface area contributed by atoms with Gasteiger partial charge >= 0.3 is 17.8 Å². The Hall–Kier alpha value is -7.38. The van der Waals surface area contributed by atoms with Crippen molar-refractivity contribution in [3.63, 3.8) is 0 Å². The summed E-state index contributed by atoms with van der Waals surface area (Å²) in [4.78, 5) is 76.7. The van der Waals surface area contributed by atoms with Crippen LogP contribution >= 0.6 is 0 Å². The van der Waals surface area contributed by atoms with Crippen LogP contribution in [0, 0.1) is 19.7 Å². The number of hydrogen-bond acceptors (Lipinski definition) is 13. The van der Waals surface area contributed by atoms with Crippen molar-refractivity contribution < 1.29 is 43.6 Å². The van der Waals surface area contributed by atoms with Crippen LogP contribution in [-0.2, 0) is 50.8 Å². The number of carbonyl (C=O) groups excluding carboxylic acids is 3. The molecule has 2 bridgehead atoms. The number of aromatic amines is 1. The van der Waals surface area contributed by atoms with Crippen LogP contribution in [0.3, 0.4) is 0 Å². The van der Waals surface area contributed by atoms with Crippen molar-refractivity contribution in [1.82, 2.24) is 39.4 Å². The molecule has 69 heavy (non-hydrogen) atoms. The molecule has 0 unspecified atom stereocenters. The maximum Gasteiger partial charge on any atom is 0.408 e. The van der Waals surface area contributed by atoms with Crippen LogP contribution < -0.4 is 16.6 Å². The number of rotatable bonds is 8. The standard InChI is InChI=1S/C50H49FN8O10/c1-5-50(67)34-15-38-43-32(21-57(38)46(63)33(34)22-68-47(50)64)42-36(13-12-30-24(3)35(51)16-37(52-43)41(30)42)53-49(66)69-25(4)45(62)58-28-10-11-29(58)20-56(19-28)18-26-6-8-27(9-7-26)59-44(54-55-48(59)65)31-14-23(2)39(60)17-40(31)61/h6-9,14-17,25,28-29,36,60-61,67H,5,10-13,18-22H2,1-4H3,(H,53,66)(H,55,65)/t25-,28-,29+,36-,50-/m0/s1. The molecule has 4 aliphatic heterocycles. The van der Waals surface area contributed by atoms with E-state index in [9.17, 15) is 39.3 Å². The number of nitrogens with one attached hydrogen (secondary N) is 2. The molecule has 18 nitrogen and oxygen atoms in total. The summed E-state index contributed by atoms with van der Waals surface area (Å²) in [6.07, 6.45) is 0.446. The molecule has 356 valence electrons. The van der Waals surface area contributed by atoms with Crippen LogP contribution in [0.2, 0.25) is 0 Å². The predicted octanol–water partition coefficient (Wildman–Crippen LogP) is 4.77. The quantitative estimate of drug-likeness (QED) is 0.130. The third kappa shape index (κ3) is 6.91. The molecule has 2 saturated heterocycles. The van der Waals surface area contributed by atoms with Gasteiger partial charge in [-0.15, -0.1) is 0 Å². The minimum Gasteiger partial charge on any atom is -0.508 e. The average Bonchev–Trinajstić information content (AvgIpc) is 3.98. The third-order valence-corrected chi connectivity index (χ3v) is 14.9. The largest absolute Gasteiger partial charge is 0.508 e. The van der Waals surface area contributed by atoms with Crippen molar-refractivity contribution in [1.29, 1.82) is 0 Å². The number of ether oxygens (including phenoxy) is 2. The number of halogens is 1. The summed E-state index contributed by atoms with van der Waals surface area (Å²) in [5.41, 5.74) is 3.28. The number of piperazine rings is 1. The topological polar surface area (TPSA) is 234 Å². The lowest BCUT2D eigenvalue weighted by Gasteiger charge is -2.42. The number of likely N-dealkylation sites (tertiary alicyclic amines) is 1. The van der Waals surface area contributed by atoms with Gasteiger partial charge < -0.3 is 39.6 Å². The number of carbonyl (C=O) groups is 3. The Bertz CT molecular complexity index is 3310. The van der Waals surface area contributed by atoms with Gasteiger partial charge in [0.25, 0.3) is 11.5 Å². The monoisotopic (exact) mass is 940 g/mol. The number of aromatic nitrogens is 5. The fourth-order valence-electron chi connectivity index (χ4n) is 11.4. The summed E-state index contributed by atoms with van der Waals surface area (Å²) < 4.78 is 29.4. The Labute approximate surface area is 392 Å². The number of aromatic hydroxyl groups is 2. The first-order valence-corrected chi connectivity index (χ1v) is 23.2. The molecule has 5 aliphatic rings. The number of phenols is 2. The SMILES string of the molecule is CC[C@@]1(O)C(=O)OCc2c1cc1n(c2=O)Cc2c-1nc1cc(F)c(C)c3c1c2[C@@H](NC(=O)O[C@@H](C)C(=O)N1[C@@H]2CC[C@H]1CN(Cc1ccc(-n4c(-c5cc(C)c(O)cc5O)n[nH]c4=O)cc1)C2)CC3. The van der Waals surface area contributed by atoms with E-state index in [1.807, 2.05) is 17.0 Å². The number of aryl methyl sites for hydroxylation is 2. The summed E-state index contributed by atoms with van der Waals surface area (Å²) in [6, 6.07) is 12.3. The van der Waals surface area contributed by atoms with Crippen LogP contribution in [0.15, 0.2) is 58.1 Å². The zero-order chi connectivity index (χ0) is 48.4. The van der Waals surface area contributed by atoms with Crippen LogP contribution in [-0.4, -0.2) is 98.7 Å². The Morgan fingerprint density at radius 1 is 1.00 bits per heavy atom. The van der Waals surface area contributed by atoms with Gasteiger partial charge in [0.1, 0.15) is 23.9 Å². The molecular weight excluding hydrogens is 892 g/mol. The first kappa shape index (κ1) is 44.1. The van der Waals surface area contributed by atoms with E-state index >= 15 is 4.39 Å². The first-order valence-electron chi connectivity index (χ1n) is 23.2. The van der Waals surface area contributed by atoms with Crippen LogP contribution in [0.25, 0.3) is 39.4 Å². The second-order valence-corrected chi connectivity index (χ2v) is 18.9. The number of nitrogens with zero attached hydrogens (tertiary/aromatic N) is 6. The van der Waals surface area contributed by atoms with Crippen molar-refractivity contribution >= 4 is 28.9 Å². The smallest absolute Gasteiger partial charge is 0.408 e. The highest BCUT2D eigenvalue weighted by Crippen LogP contribution is 2.46. The summed E-state index contributed by atoms with van der Waals surface area (Å²) in [5.74, 6) is -1.68. The lowest BCUT2D eigenvalue weighted by molar-refractivity contribution is -0.172. The zero-order valence-electron chi connectivity index (χ0n) is 38.3. The van der Waals surface area contributed by atoms with Crippen molar-refractivity contribution in [3.05, 3.63) is 120 Å². The summed E-state index contributed by atoms with van der Waals surface area (Å²) in [6.45, 7) is 8.16. The van der Waals surface area contributed by atoms with Crippen LogP contribution in [0.5, 0.6) is 11.5 Å².